The van der Waals surface area contributed by atoms with E-state index in [1.165, 1.54) is 0 Å². The molecule has 2 aliphatic rings. The van der Waals surface area contributed by atoms with Crippen molar-refractivity contribution in [3.05, 3.63) is 46.4 Å². The fourth-order valence-electron chi connectivity index (χ4n) is 3.55. The molecule has 138 valence electrons. The molecule has 0 aliphatic carbocycles. The molecule has 0 aromatic carbocycles. The Morgan fingerprint density at radius 1 is 1.31 bits per heavy atom. The highest BCUT2D eigenvalue weighted by Gasteiger charge is 2.32. The molecule has 0 unspecified atom stereocenters. The molecule has 2 atom stereocenters. The molecule has 4 rings (SSSR count). The van der Waals surface area contributed by atoms with Crippen LogP contribution in [0, 0.1) is 0 Å². The van der Waals surface area contributed by atoms with Crippen LogP contribution >= 0.6 is 11.8 Å². The fourth-order valence-corrected chi connectivity index (χ4v) is 4.77. The predicted octanol–water partition coefficient (Wildman–Crippen LogP) is 2.76. The Morgan fingerprint density at radius 3 is 2.88 bits per heavy atom. The summed E-state index contributed by atoms with van der Waals surface area (Å²) in [6.07, 6.45) is 4.59. The molecule has 0 saturated carbocycles. The lowest BCUT2D eigenvalue weighted by atomic mass is 10.1. The number of carbonyl (C=O) groups is 1. The van der Waals surface area contributed by atoms with Crippen LogP contribution in [0.25, 0.3) is 11.5 Å². The first-order chi connectivity index (χ1) is 12.7. The third kappa shape index (κ3) is 3.59. The number of nitrogens with one attached hydrogen (secondary N) is 1. The van der Waals surface area contributed by atoms with Gasteiger partial charge in [0, 0.05) is 24.9 Å². The lowest BCUT2D eigenvalue weighted by Gasteiger charge is -2.30. The first-order valence-electron chi connectivity index (χ1n) is 9.00. The zero-order chi connectivity index (χ0) is 17.9. The lowest BCUT2D eigenvalue weighted by Crippen LogP contribution is -2.46. The van der Waals surface area contributed by atoms with Crippen molar-refractivity contribution in [3.63, 3.8) is 0 Å². The maximum atomic E-state index is 13.2. The summed E-state index contributed by atoms with van der Waals surface area (Å²) in [5.41, 5.74) is 0.362. The molecule has 6 nitrogen and oxygen atoms in total. The SMILES string of the molecule is O=C(c1ccc(-c2ccco2)[nH]c1=O)N(C[C@H]1CCCO1)[C@@H]1CCSC1. The highest BCUT2D eigenvalue weighted by Crippen LogP contribution is 2.26. The van der Waals surface area contributed by atoms with Crippen LogP contribution in [-0.4, -0.2) is 52.6 Å². The average Bonchev–Trinajstić information content (AvgIpc) is 3.42. The Balaban J connectivity index is 1.59. The number of nitrogens with zero attached hydrogens (tertiary/aromatic N) is 1. The van der Waals surface area contributed by atoms with E-state index < -0.39 is 0 Å². The normalized spacial score (nSPS) is 22.6. The van der Waals surface area contributed by atoms with E-state index in [0.717, 1.165) is 37.4 Å². The first kappa shape index (κ1) is 17.4. The molecule has 0 spiro atoms. The molecular weight excluding hydrogens is 352 g/mol. The van der Waals surface area contributed by atoms with E-state index in [4.69, 9.17) is 9.15 Å². The minimum Gasteiger partial charge on any atom is -0.463 e. The van der Waals surface area contributed by atoms with Gasteiger partial charge in [-0.2, -0.15) is 11.8 Å². The van der Waals surface area contributed by atoms with Crippen LogP contribution in [0.5, 0.6) is 0 Å². The van der Waals surface area contributed by atoms with E-state index in [0.29, 0.717) is 18.0 Å². The van der Waals surface area contributed by atoms with Crippen LogP contribution < -0.4 is 5.56 Å². The number of carbonyl (C=O) groups excluding carboxylic acids is 1. The number of rotatable bonds is 5. The van der Waals surface area contributed by atoms with Crippen LogP contribution in [0.3, 0.4) is 0 Å². The summed E-state index contributed by atoms with van der Waals surface area (Å²) in [4.78, 5) is 30.3. The number of pyridine rings is 1. The van der Waals surface area contributed by atoms with Gasteiger partial charge in [0.25, 0.3) is 11.5 Å². The van der Waals surface area contributed by atoms with E-state index in [1.54, 1.807) is 30.5 Å². The number of hydrogen-bond donors (Lipinski definition) is 1. The van der Waals surface area contributed by atoms with Gasteiger partial charge < -0.3 is 19.0 Å². The smallest absolute Gasteiger partial charge is 0.261 e. The second kappa shape index (κ2) is 7.72. The van der Waals surface area contributed by atoms with E-state index in [-0.39, 0.29) is 29.2 Å². The summed E-state index contributed by atoms with van der Waals surface area (Å²) >= 11 is 1.85. The van der Waals surface area contributed by atoms with Gasteiger partial charge in [-0.05, 0) is 49.3 Å². The Labute approximate surface area is 155 Å². The molecule has 1 amide bonds. The van der Waals surface area contributed by atoms with Gasteiger partial charge in [-0.3, -0.25) is 9.59 Å². The third-order valence-electron chi connectivity index (χ3n) is 4.96. The maximum absolute atomic E-state index is 13.2. The molecule has 7 heteroatoms. The molecular formula is C19H22N2O4S. The van der Waals surface area contributed by atoms with Crippen molar-refractivity contribution in [3.8, 4) is 11.5 Å². The molecule has 2 fully saturated rings. The Kier molecular flexibility index (Phi) is 5.17. The number of aromatic amines is 1. The second-order valence-electron chi connectivity index (χ2n) is 6.70. The molecule has 2 saturated heterocycles. The molecule has 2 aromatic rings. The van der Waals surface area contributed by atoms with Crippen LogP contribution in [0.2, 0.25) is 0 Å². The molecule has 0 radical (unpaired) electrons. The predicted molar refractivity (Wildman–Crippen MR) is 101 cm³/mol. The lowest BCUT2D eigenvalue weighted by molar-refractivity contribution is 0.0440. The summed E-state index contributed by atoms with van der Waals surface area (Å²) < 4.78 is 11.0. The minimum atomic E-state index is -0.383. The average molecular weight is 374 g/mol. The number of amides is 1. The topological polar surface area (TPSA) is 75.5 Å². The fraction of sp³-hybridized carbons (Fsp3) is 0.474. The van der Waals surface area contributed by atoms with Crippen molar-refractivity contribution < 1.29 is 13.9 Å². The Morgan fingerprint density at radius 2 is 2.23 bits per heavy atom. The van der Waals surface area contributed by atoms with Crippen molar-refractivity contribution >= 4 is 17.7 Å². The van der Waals surface area contributed by atoms with Gasteiger partial charge in [0.2, 0.25) is 0 Å². The summed E-state index contributed by atoms with van der Waals surface area (Å²) in [7, 11) is 0. The van der Waals surface area contributed by atoms with Gasteiger partial charge in [0.15, 0.2) is 0 Å². The molecule has 1 N–H and O–H groups in total. The number of furan rings is 1. The number of hydrogen-bond acceptors (Lipinski definition) is 5. The number of aromatic nitrogens is 1. The van der Waals surface area contributed by atoms with Crippen molar-refractivity contribution in [2.75, 3.05) is 24.7 Å². The van der Waals surface area contributed by atoms with Gasteiger partial charge >= 0.3 is 0 Å². The monoisotopic (exact) mass is 374 g/mol. The van der Waals surface area contributed by atoms with Crippen molar-refractivity contribution in [2.24, 2.45) is 0 Å². The highest BCUT2D eigenvalue weighted by molar-refractivity contribution is 7.99. The van der Waals surface area contributed by atoms with Gasteiger partial charge in [-0.25, -0.2) is 0 Å². The van der Waals surface area contributed by atoms with Crippen LogP contribution in [0.4, 0.5) is 0 Å². The zero-order valence-corrected chi connectivity index (χ0v) is 15.3. The summed E-state index contributed by atoms with van der Waals surface area (Å²) in [6, 6.07) is 7.02. The number of H-pyrrole nitrogens is 1. The largest absolute Gasteiger partial charge is 0.463 e. The standard InChI is InChI=1S/C19H22N2O4S/c22-18-15(5-6-16(20-18)17-4-2-9-25-17)19(23)21(13-7-10-26-12-13)11-14-3-1-8-24-14/h2,4-6,9,13-14H,1,3,7-8,10-12H2,(H,20,22)/t13-,14-/m1/s1. The van der Waals surface area contributed by atoms with E-state index in [1.807, 2.05) is 16.7 Å². The highest BCUT2D eigenvalue weighted by atomic mass is 32.2. The minimum absolute atomic E-state index is 0.0750. The third-order valence-corrected chi connectivity index (χ3v) is 6.10. The molecule has 4 heterocycles. The van der Waals surface area contributed by atoms with Gasteiger partial charge in [0.1, 0.15) is 11.3 Å². The summed E-state index contributed by atoms with van der Waals surface area (Å²) in [6.45, 7) is 1.31. The summed E-state index contributed by atoms with van der Waals surface area (Å²) in [5.74, 6) is 2.33. The molecule has 2 aromatic heterocycles. The van der Waals surface area contributed by atoms with E-state index >= 15 is 0 Å². The molecule has 2 aliphatic heterocycles. The summed E-state index contributed by atoms with van der Waals surface area (Å²) in [5, 5.41) is 0. The number of ether oxygens (including phenoxy) is 1. The Bertz CT molecular complexity index is 805. The zero-order valence-electron chi connectivity index (χ0n) is 14.5. The molecule has 0 bridgehead atoms. The van der Waals surface area contributed by atoms with Crippen LogP contribution in [-0.2, 0) is 4.74 Å². The number of thioether (sulfide) groups is 1. The Hall–Kier alpha value is -1.99. The quantitative estimate of drug-likeness (QED) is 0.871. The maximum Gasteiger partial charge on any atom is 0.261 e. The van der Waals surface area contributed by atoms with E-state index in [9.17, 15) is 9.59 Å². The van der Waals surface area contributed by atoms with Crippen LogP contribution in [0.15, 0.2) is 39.7 Å². The van der Waals surface area contributed by atoms with E-state index in [2.05, 4.69) is 4.98 Å². The second-order valence-corrected chi connectivity index (χ2v) is 7.85. The van der Waals surface area contributed by atoms with Crippen molar-refractivity contribution in [2.45, 2.75) is 31.4 Å². The first-order valence-corrected chi connectivity index (χ1v) is 10.2. The van der Waals surface area contributed by atoms with Crippen molar-refractivity contribution in [1.29, 1.82) is 0 Å². The van der Waals surface area contributed by atoms with Crippen LogP contribution in [0.1, 0.15) is 29.6 Å². The van der Waals surface area contributed by atoms with Gasteiger partial charge in [-0.15, -0.1) is 0 Å². The van der Waals surface area contributed by atoms with Crippen molar-refractivity contribution in [1.82, 2.24) is 9.88 Å². The molecule has 26 heavy (non-hydrogen) atoms. The van der Waals surface area contributed by atoms with Gasteiger partial charge in [-0.1, -0.05) is 0 Å². The van der Waals surface area contributed by atoms with Gasteiger partial charge in [0.05, 0.1) is 18.1 Å².